The Morgan fingerprint density at radius 1 is 1.31 bits per heavy atom. The highest BCUT2D eigenvalue weighted by molar-refractivity contribution is 8.08. The van der Waals surface area contributed by atoms with Crippen molar-refractivity contribution in [3.8, 4) is 0 Å². The number of nitrogens with one attached hydrogen (secondary N) is 1. The average Bonchev–Trinajstić information content (AvgIpc) is 2.66. The largest absolute Gasteiger partial charge is 0.357 e. The van der Waals surface area contributed by atoms with E-state index in [0.29, 0.717) is 33.5 Å². The zero-order chi connectivity index (χ0) is 24.7. The minimum atomic E-state index is -2.67. The van der Waals surface area contributed by atoms with Gasteiger partial charge in [-0.1, -0.05) is 32.4 Å². The van der Waals surface area contributed by atoms with Gasteiger partial charge in [-0.2, -0.15) is 0 Å². The van der Waals surface area contributed by atoms with Crippen molar-refractivity contribution in [1.82, 2.24) is 9.97 Å². The van der Waals surface area contributed by atoms with E-state index in [0.717, 1.165) is 23.2 Å². The molecule has 176 valence electrons. The molecular formula is C22H30ClFN4O2S2. The SMILES string of the molecule is C=N/C(=C(\SCC(C)(C)C)c1ccnc(NC)n1)c1cc(F)cc(C)c1Cl.CS(C)(=O)=O. The smallest absolute Gasteiger partial charge is 0.222 e. The van der Waals surface area contributed by atoms with Gasteiger partial charge in [0.05, 0.1) is 21.3 Å². The molecule has 6 nitrogen and oxygen atoms in total. The van der Waals surface area contributed by atoms with Gasteiger partial charge in [0, 0.05) is 37.1 Å². The topological polar surface area (TPSA) is 84.3 Å². The maximum atomic E-state index is 14.1. The van der Waals surface area contributed by atoms with Crippen LogP contribution in [0, 0.1) is 18.2 Å². The van der Waals surface area contributed by atoms with Gasteiger partial charge in [0.15, 0.2) is 0 Å². The van der Waals surface area contributed by atoms with Crippen LogP contribution in [-0.2, 0) is 9.84 Å². The lowest BCUT2D eigenvalue weighted by atomic mass is 10.0. The van der Waals surface area contributed by atoms with Gasteiger partial charge in [0.2, 0.25) is 5.95 Å². The molecule has 1 heterocycles. The van der Waals surface area contributed by atoms with E-state index in [1.54, 1.807) is 38.0 Å². The predicted octanol–water partition coefficient (Wildman–Crippen LogP) is 5.59. The van der Waals surface area contributed by atoms with Crippen LogP contribution in [-0.4, -0.2) is 50.4 Å². The number of halogens is 2. The van der Waals surface area contributed by atoms with E-state index in [-0.39, 0.29) is 11.2 Å². The second-order valence-electron chi connectivity index (χ2n) is 8.43. The quantitative estimate of drug-likeness (QED) is 0.521. The highest BCUT2D eigenvalue weighted by Gasteiger charge is 2.20. The van der Waals surface area contributed by atoms with Gasteiger partial charge < -0.3 is 5.32 Å². The van der Waals surface area contributed by atoms with E-state index in [1.165, 1.54) is 12.1 Å². The number of aliphatic imine (C=N–C) groups is 1. The molecule has 0 radical (unpaired) electrons. The fraction of sp³-hybridized carbons (Fsp3) is 0.409. The number of thioether (sulfide) groups is 1. The first-order valence-corrected chi connectivity index (χ1v) is 13.3. The second kappa shape index (κ2) is 11.8. The van der Waals surface area contributed by atoms with Crippen LogP contribution in [0.25, 0.3) is 10.6 Å². The van der Waals surface area contributed by atoms with Crippen LogP contribution in [0.15, 0.2) is 29.4 Å². The van der Waals surface area contributed by atoms with E-state index in [2.05, 4.69) is 47.8 Å². The van der Waals surface area contributed by atoms with Crippen molar-refractivity contribution in [3.63, 3.8) is 0 Å². The highest BCUT2D eigenvalue weighted by atomic mass is 35.5. The molecule has 0 fully saturated rings. The lowest BCUT2D eigenvalue weighted by molar-refractivity contribution is 0.481. The Bertz CT molecular complexity index is 1090. The molecule has 1 aromatic heterocycles. The van der Waals surface area contributed by atoms with Crippen LogP contribution in [0.1, 0.15) is 37.6 Å². The molecule has 10 heteroatoms. The Hall–Kier alpha value is -1.97. The molecule has 2 rings (SSSR count). The first-order chi connectivity index (χ1) is 14.7. The number of rotatable bonds is 6. The lowest BCUT2D eigenvalue weighted by Crippen LogP contribution is -2.09. The fourth-order valence-electron chi connectivity index (χ4n) is 2.34. The summed E-state index contributed by atoms with van der Waals surface area (Å²) in [6.45, 7) is 11.9. The van der Waals surface area contributed by atoms with Crippen molar-refractivity contribution in [2.45, 2.75) is 27.7 Å². The molecule has 1 aromatic carbocycles. The summed E-state index contributed by atoms with van der Waals surface area (Å²) in [7, 11) is -0.912. The predicted molar refractivity (Wildman–Crippen MR) is 137 cm³/mol. The number of hydrogen-bond acceptors (Lipinski definition) is 7. The zero-order valence-corrected chi connectivity index (χ0v) is 21.8. The van der Waals surface area contributed by atoms with Crippen molar-refractivity contribution in [3.05, 3.63) is 52.1 Å². The van der Waals surface area contributed by atoms with Gasteiger partial charge in [-0.3, -0.25) is 4.99 Å². The molecular weight excluding hydrogens is 471 g/mol. The first-order valence-electron chi connectivity index (χ1n) is 9.62. The van der Waals surface area contributed by atoms with Crippen LogP contribution in [0.2, 0.25) is 5.02 Å². The highest BCUT2D eigenvalue weighted by Crippen LogP contribution is 2.41. The Morgan fingerprint density at radius 3 is 2.41 bits per heavy atom. The van der Waals surface area contributed by atoms with Gasteiger partial charge in [0.25, 0.3) is 0 Å². The molecule has 32 heavy (non-hydrogen) atoms. The Balaban J connectivity index is 0.000000920. The Kier molecular flexibility index (Phi) is 10.3. The van der Waals surface area contributed by atoms with E-state index in [9.17, 15) is 12.8 Å². The van der Waals surface area contributed by atoms with E-state index in [4.69, 9.17) is 11.6 Å². The number of aryl methyl sites for hydroxylation is 1. The van der Waals surface area contributed by atoms with Crippen molar-refractivity contribution >= 4 is 56.5 Å². The molecule has 0 aliphatic carbocycles. The van der Waals surface area contributed by atoms with Crippen molar-refractivity contribution in [2.75, 3.05) is 30.6 Å². The number of aromatic nitrogens is 2. The van der Waals surface area contributed by atoms with E-state index >= 15 is 0 Å². The maximum absolute atomic E-state index is 14.1. The molecule has 0 aliphatic heterocycles. The summed E-state index contributed by atoms with van der Waals surface area (Å²) < 4.78 is 33.3. The second-order valence-corrected chi connectivity index (χ2v) is 12.1. The molecule has 0 bridgehead atoms. The van der Waals surface area contributed by atoms with E-state index < -0.39 is 9.84 Å². The summed E-state index contributed by atoms with van der Waals surface area (Å²) in [4.78, 5) is 13.7. The van der Waals surface area contributed by atoms with Crippen LogP contribution in [0.5, 0.6) is 0 Å². The summed E-state index contributed by atoms with van der Waals surface area (Å²) in [6.07, 6.45) is 3.99. The van der Waals surface area contributed by atoms with Crippen LogP contribution in [0.3, 0.4) is 0 Å². The van der Waals surface area contributed by atoms with Crippen LogP contribution in [0.4, 0.5) is 10.3 Å². The van der Waals surface area contributed by atoms with E-state index in [1.807, 2.05) is 0 Å². The summed E-state index contributed by atoms with van der Waals surface area (Å²) in [6, 6.07) is 4.59. The monoisotopic (exact) mass is 500 g/mol. The van der Waals surface area contributed by atoms with Crippen LogP contribution < -0.4 is 5.32 Å². The molecule has 0 unspecified atom stereocenters. The molecule has 0 atom stereocenters. The average molecular weight is 501 g/mol. The minimum Gasteiger partial charge on any atom is -0.357 e. The van der Waals surface area contributed by atoms with Crippen LogP contribution >= 0.6 is 23.4 Å². The zero-order valence-electron chi connectivity index (χ0n) is 19.5. The molecule has 0 amide bonds. The molecule has 1 N–H and O–H groups in total. The van der Waals surface area contributed by atoms with Crippen molar-refractivity contribution in [2.24, 2.45) is 10.4 Å². The molecule has 0 spiro atoms. The van der Waals surface area contributed by atoms with Gasteiger partial charge in [0.1, 0.15) is 15.7 Å². The Morgan fingerprint density at radius 2 is 1.91 bits per heavy atom. The summed E-state index contributed by atoms with van der Waals surface area (Å²) in [5.41, 5.74) is 2.42. The molecule has 0 aliphatic rings. The Labute approximate surface area is 199 Å². The molecule has 0 saturated heterocycles. The number of hydrogen-bond donors (Lipinski definition) is 1. The van der Waals surface area contributed by atoms with Gasteiger partial charge >= 0.3 is 0 Å². The summed E-state index contributed by atoms with van der Waals surface area (Å²) in [5, 5.41) is 3.39. The number of anilines is 1. The van der Waals surface area contributed by atoms with Gasteiger partial charge in [-0.25, -0.2) is 22.8 Å². The van der Waals surface area contributed by atoms with Crippen molar-refractivity contribution < 1.29 is 12.8 Å². The number of sulfone groups is 1. The molecule has 0 saturated carbocycles. The standard InChI is InChI=1S/C20H24ClFN4S.C2H6O2S/c1-12-9-13(22)10-14(16(12)21)17(23-5)18(27-11-20(2,3)4)15-7-8-25-19(24-6)26-15;1-5(2,3)4/h7-10H,5,11H2,1-4,6H3,(H,24,25,26);1-2H3/b18-17-;. The molecule has 2 aromatic rings. The first kappa shape index (κ1) is 28.1. The number of benzene rings is 1. The third-order valence-electron chi connectivity index (χ3n) is 3.61. The van der Waals surface area contributed by atoms with Gasteiger partial charge in [-0.05, 0) is 42.8 Å². The normalized spacial score (nSPS) is 12.4. The summed E-state index contributed by atoms with van der Waals surface area (Å²) >= 11 is 8.07. The third kappa shape index (κ3) is 9.67. The fourth-order valence-corrected chi connectivity index (χ4v) is 3.68. The minimum absolute atomic E-state index is 0.0721. The van der Waals surface area contributed by atoms with Crippen molar-refractivity contribution in [1.29, 1.82) is 0 Å². The number of nitrogens with zero attached hydrogens (tertiary/aromatic N) is 3. The maximum Gasteiger partial charge on any atom is 0.222 e. The summed E-state index contributed by atoms with van der Waals surface area (Å²) in [5.74, 6) is 0.935. The lowest BCUT2D eigenvalue weighted by Gasteiger charge is -2.20. The van der Waals surface area contributed by atoms with Gasteiger partial charge in [-0.15, -0.1) is 11.8 Å². The third-order valence-corrected chi connectivity index (χ3v) is 5.81.